The predicted molar refractivity (Wildman–Crippen MR) is 64.7 cm³/mol. The van der Waals surface area contributed by atoms with Crippen LogP contribution in [-0.4, -0.2) is 30.0 Å². The molecule has 16 heavy (non-hydrogen) atoms. The number of hydrogen-bond acceptors (Lipinski definition) is 3. The van der Waals surface area contributed by atoms with Crippen molar-refractivity contribution in [3.63, 3.8) is 0 Å². The van der Waals surface area contributed by atoms with E-state index in [9.17, 15) is 4.79 Å². The van der Waals surface area contributed by atoms with Crippen LogP contribution in [0.2, 0.25) is 0 Å². The van der Waals surface area contributed by atoms with Gasteiger partial charge in [0.15, 0.2) is 0 Å². The zero-order chi connectivity index (χ0) is 11.9. The van der Waals surface area contributed by atoms with E-state index in [0.29, 0.717) is 6.04 Å². The summed E-state index contributed by atoms with van der Waals surface area (Å²) in [6.07, 6.45) is 3.51. The van der Waals surface area contributed by atoms with Crippen LogP contribution in [0.1, 0.15) is 20.8 Å². The first-order valence-corrected chi connectivity index (χ1v) is 5.54. The Morgan fingerprint density at radius 1 is 1.38 bits per heavy atom. The number of pyridine rings is 1. The highest BCUT2D eigenvalue weighted by Crippen LogP contribution is 2.35. The molecule has 1 aliphatic rings. The second-order valence-corrected chi connectivity index (χ2v) is 4.44. The molecule has 1 aromatic rings. The third-order valence-corrected chi connectivity index (χ3v) is 3.08. The lowest BCUT2D eigenvalue weighted by Gasteiger charge is -2.42. The number of anilines is 2. The van der Waals surface area contributed by atoms with E-state index in [0.717, 1.165) is 11.4 Å². The van der Waals surface area contributed by atoms with Crippen LogP contribution in [0.3, 0.4) is 0 Å². The van der Waals surface area contributed by atoms with Crippen LogP contribution in [0.15, 0.2) is 18.5 Å². The lowest BCUT2D eigenvalue weighted by molar-refractivity contribution is -0.119. The van der Waals surface area contributed by atoms with Crippen LogP contribution in [0.25, 0.3) is 0 Å². The van der Waals surface area contributed by atoms with E-state index >= 15 is 0 Å². The molecular weight excluding hydrogens is 202 g/mol. The van der Waals surface area contributed by atoms with Crippen LogP contribution >= 0.6 is 0 Å². The van der Waals surface area contributed by atoms with Gasteiger partial charge in [-0.3, -0.25) is 9.78 Å². The standard InChI is InChI=1S/C12H17N3O/c1-8(2)15-9(3)12(16)14(4)11-7-13-6-5-10(11)15/h5-9H,1-4H3. The number of hydrogen-bond donors (Lipinski definition) is 0. The summed E-state index contributed by atoms with van der Waals surface area (Å²) in [6, 6.07) is 2.16. The molecule has 2 rings (SSSR count). The Hall–Kier alpha value is -1.58. The Kier molecular flexibility index (Phi) is 2.58. The van der Waals surface area contributed by atoms with E-state index in [1.807, 2.05) is 13.0 Å². The zero-order valence-electron chi connectivity index (χ0n) is 10.1. The number of amides is 1. The molecule has 1 amide bonds. The van der Waals surface area contributed by atoms with Crippen molar-refractivity contribution in [2.75, 3.05) is 16.8 Å². The van der Waals surface area contributed by atoms with E-state index in [4.69, 9.17) is 0 Å². The summed E-state index contributed by atoms with van der Waals surface area (Å²) >= 11 is 0. The molecule has 0 aromatic carbocycles. The number of likely N-dealkylation sites (N-methyl/N-ethyl adjacent to an activating group) is 1. The minimum atomic E-state index is -0.111. The van der Waals surface area contributed by atoms with Crippen molar-refractivity contribution < 1.29 is 4.79 Å². The molecule has 4 nitrogen and oxygen atoms in total. The van der Waals surface area contributed by atoms with Gasteiger partial charge in [0.1, 0.15) is 6.04 Å². The lowest BCUT2D eigenvalue weighted by Crippen LogP contribution is -2.53. The topological polar surface area (TPSA) is 36.4 Å². The van der Waals surface area contributed by atoms with Gasteiger partial charge in [-0.1, -0.05) is 0 Å². The first-order valence-electron chi connectivity index (χ1n) is 5.54. The molecule has 0 saturated carbocycles. The number of fused-ring (bicyclic) bond motifs is 1. The molecule has 0 fully saturated rings. The van der Waals surface area contributed by atoms with Gasteiger partial charge in [0.25, 0.3) is 0 Å². The van der Waals surface area contributed by atoms with Gasteiger partial charge in [-0.15, -0.1) is 0 Å². The van der Waals surface area contributed by atoms with Gasteiger partial charge < -0.3 is 9.80 Å². The number of carbonyl (C=O) groups is 1. The maximum absolute atomic E-state index is 12.1. The van der Waals surface area contributed by atoms with E-state index in [2.05, 4.69) is 23.7 Å². The Morgan fingerprint density at radius 3 is 2.69 bits per heavy atom. The number of nitrogens with zero attached hydrogens (tertiary/aromatic N) is 3. The fourth-order valence-corrected chi connectivity index (χ4v) is 2.31. The summed E-state index contributed by atoms with van der Waals surface area (Å²) in [4.78, 5) is 20.0. The first kappa shape index (κ1) is 10.9. The SMILES string of the molecule is CC(C)N1c2ccncc2N(C)C(=O)C1C. The van der Waals surface area contributed by atoms with E-state index in [1.165, 1.54) is 0 Å². The molecule has 0 radical (unpaired) electrons. The van der Waals surface area contributed by atoms with Gasteiger partial charge in [-0.05, 0) is 26.8 Å². The molecule has 4 heteroatoms. The van der Waals surface area contributed by atoms with E-state index < -0.39 is 0 Å². The quantitative estimate of drug-likeness (QED) is 0.720. The molecule has 0 saturated heterocycles. The molecule has 0 aliphatic carbocycles. The smallest absolute Gasteiger partial charge is 0.249 e. The summed E-state index contributed by atoms with van der Waals surface area (Å²) < 4.78 is 0. The Bertz CT molecular complexity index is 416. The molecular formula is C12H17N3O. The summed E-state index contributed by atoms with van der Waals surface area (Å²) in [7, 11) is 1.80. The highest BCUT2D eigenvalue weighted by atomic mass is 16.2. The Balaban J connectivity index is 2.56. The lowest BCUT2D eigenvalue weighted by atomic mass is 10.1. The second-order valence-electron chi connectivity index (χ2n) is 4.44. The van der Waals surface area contributed by atoms with Gasteiger partial charge in [0.2, 0.25) is 5.91 Å². The molecule has 2 heterocycles. The van der Waals surface area contributed by atoms with Crippen molar-refractivity contribution in [2.45, 2.75) is 32.9 Å². The monoisotopic (exact) mass is 219 g/mol. The Labute approximate surface area is 95.9 Å². The average Bonchev–Trinajstić information content (AvgIpc) is 2.26. The average molecular weight is 219 g/mol. The third-order valence-electron chi connectivity index (χ3n) is 3.08. The van der Waals surface area contributed by atoms with Crippen molar-refractivity contribution in [1.82, 2.24) is 4.98 Å². The highest BCUT2D eigenvalue weighted by Gasteiger charge is 2.34. The predicted octanol–water partition coefficient (Wildman–Crippen LogP) is 1.66. The maximum Gasteiger partial charge on any atom is 0.249 e. The molecule has 0 bridgehead atoms. The van der Waals surface area contributed by atoms with Gasteiger partial charge in [-0.2, -0.15) is 0 Å². The number of aromatic nitrogens is 1. The summed E-state index contributed by atoms with van der Waals surface area (Å²) in [5.74, 6) is 0.120. The van der Waals surface area contributed by atoms with E-state index in [-0.39, 0.29) is 11.9 Å². The third kappa shape index (κ3) is 1.45. The highest BCUT2D eigenvalue weighted by molar-refractivity contribution is 6.04. The molecule has 86 valence electrons. The summed E-state index contributed by atoms with van der Waals surface area (Å²) in [5, 5.41) is 0. The molecule has 0 spiro atoms. The zero-order valence-corrected chi connectivity index (χ0v) is 10.1. The number of carbonyl (C=O) groups excluding carboxylic acids is 1. The fraction of sp³-hybridized carbons (Fsp3) is 0.500. The normalized spacial score (nSPS) is 20.3. The molecule has 0 N–H and O–H groups in total. The maximum atomic E-state index is 12.1. The van der Waals surface area contributed by atoms with Crippen LogP contribution in [0.5, 0.6) is 0 Å². The van der Waals surface area contributed by atoms with Crippen molar-refractivity contribution in [2.24, 2.45) is 0 Å². The Morgan fingerprint density at radius 2 is 2.06 bits per heavy atom. The fourth-order valence-electron chi connectivity index (χ4n) is 2.31. The molecule has 1 aliphatic heterocycles. The number of rotatable bonds is 1. The van der Waals surface area contributed by atoms with Crippen molar-refractivity contribution in [3.8, 4) is 0 Å². The van der Waals surface area contributed by atoms with Crippen molar-refractivity contribution in [3.05, 3.63) is 18.5 Å². The van der Waals surface area contributed by atoms with Gasteiger partial charge in [0, 0.05) is 19.3 Å². The second kappa shape index (κ2) is 3.77. The molecule has 1 aromatic heterocycles. The first-order chi connectivity index (χ1) is 7.54. The molecule has 1 unspecified atom stereocenters. The minimum absolute atomic E-state index is 0.111. The largest absolute Gasteiger partial charge is 0.356 e. The minimum Gasteiger partial charge on any atom is -0.356 e. The van der Waals surface area contributed by atoms with Gasteiger partial charge in [-0.25, -0.2) is 0 Å². The summed E-state index contributed by atoms with van der Waals surface area (Å²) in [5.41, 5.74) is 1.97. The van der Waals surface area contributed by atoms with Gasteiger partial charge in [0.05, 0.1) is 17.6 Å². The summed E-state index contributed by atoms with van der Waals surface area (Å²) in [6.45, 7) is 6.14. The van der Waals surface area contributed by atoms with Crippen molar-refractivity contribution >= 4 is 17.3 Å². The van der Waals surface area contributed by atoms with Gasteiger partial charge >= 0.3 is 0 Å². The van der Waals surface area contributed by atoms with E-state index in [1.54, 1.807) is 24.3 Å². The van der Waals surface area contributed by atoms with Crippen LogP contribution < -0.4 is 9.80 Å². The van der Waals surface area contributed by atoms with Crippen LogP contribution in [0, 0.1) is 0 Å². The van der Waals surface area contributed by atoms with Crippen LogP contribution in [-0.2, 0) is 4.79 Å². The van der Waals surface area contributed by atoms with Crippen LogP contribution in [0.4, 0.5) is 11.4 Å². The van der Waals surface area contributed by atoms with Crippen molar-refractivity contribution in [1.29, 1.82) is 0 Å². The molecule has 1 atom stereocenters.